The second-order valence-corrected chi connectivity index (χ2v) is 6.42. The lowest BCUT2D eigenvalue weighted by atomic mass is 9.84. The topological polar surface area (TPSA) is 93.4 Å². The fraction of sp³-hybridized carbons (Fsp3) is 0.529. The molecule has 7 heteroatoms. The Morgan fingerprint density at radius 1 is 1.33 bits per heavy atom. The first kappa shape index (κ1) is 18.4. The first-order chi connectivity index (χ1) is 11.5. The number of nitrogens with two attached hydrogens (primary N) is 1. The summed E-state index contributed by atoms with van der Waals surface area (Å²) in [6, 6.07) is 4.44. The van der Waals surface area contributed by atoms with Gasteiger partial charge in [-0.25, -0.2) is 4.79 Å². The van der Waals surface area contributed by atoms with Gasteiger partial charge in [-0.05, 0) is 37.5 Å². The van der Waals surface area contributed by atoms with Crippen LogP contribution in [0.4, 0.5) is 10.5 Å². The Balaban J connectivity index is 2.03. The summed E-state index contributed by atoms with van der Waals surface area (Å²) in [6.45, 7) is 2.55. The van der Waals surface area contributed by atoms with Crippen LogP contribution in [0.5, 0.6) is 5.75 Å². The third-order valence-electron chi connectivity index (χ3n) is 4.10. The average Bonchev–Trinajstić information content (AvgIpc) is 2.54. The Bertz CT molecular complexity index is 594. The fourth-order valence-corrected chi connectivity index (χ4v) is 3.08. The van der Waals surface area contributed by atoms with E-state index in [1.54, 1.807) is 18.2 Å². The fourth-order valence-electron chi connectivity index (χ4n) is 2.91. The lowest BCUT2D eigenvalue weighted by molar-refractivity contribution is -0.123. The van der Waals surface area contributed by atoms with Gasteiger partial charge in [-0.15, -0.1) is 0 Å². The third-order valence-corrected chi connectivity index (χ3v) is 4.33. The predicted octanol–water partition coefficient (Wildman–Crippen LogP) is 3.29. The van der Waals surface area contributed by atoms with E-state index in [0.717, 1.165) is 25.7 Å². The van der Waals surface area contributed by atoms with Crippen LogP contribution in [0.1, 0.15) is 39.0 Å². The molecule has 1 fully saturated rings. The monoisotopic (exact) mass is 353 g/mol. The minimum Gasteiger partial charge on any atom is -0.491 e. The van der Waals surface area contributed by atoms with Gasteiger partial charge in [0.1, 0.15) is 5.75 Å². The first-order valence-electron chi connectivity index (χ1n) is 8.30. The molecular formula is C17H24ClN3O3. The van der Waals surface area contributed by atoms with Crippen LogP contribution in [0.25, 0.3) is 0 Å². The summed E-state index contributed by atoms with van der Waals surface area (Å²) < 4.78 is 5.62. The number of urea groups is 1. The molecule has 0 aliphatic heterocycles. The second-order valence-electron chi connectivity index (χ2n) is 5.99. The lowest BCUT2D eigenvalue weighted by Gasteiger charge is -2.30. The molecule has 3 amide bonds. The van der Waals surface area contributed by atoms with Crippen molar-refractivity contribution in [3.63, 3.8) is 0 Å². The van der Waals surface area contributed by atoms with Gasteiger partial charge in [0.15, 0.2) is 0 Å². The highest BCUT2D eigenvalue weighted by molar-refractivity contribution is 6.31. The number of hydrogen-bond acceptors (Lipinski definition) is 3. The van der Waals surface area contributed by atoms with Crippen molar-refractivity contribution in [1.82, 2.24) is 5.32 Å². The zero-order valence-electron chi connectivity index (χ0n) is 13.8. The summed E-state index contributed by atoms with van der Waals surface area (Å²) in [5, 5.41) is 6.11. The maximum absolute atomic E-state index is 12.3. The summed E-state index contributed by atoms with van der Waals surface area (Å²) >= 11 is 6.00. The molecule has 4 N–H and O–H groups in total. The minimum absolute atomic E-state index is 0.240. The van der Waals surface area contributed by atoms with Crippen LogP contribution in [0.2, 0.25) is 5.02 Å². The van der Waals surface area contributed by atoms with E-state index in [2.05, 4.69) is 10.6 Å². The van der Waals surface area contributed by atoms with Crippen molar-refractivity contribution in [2.24, 2.45) is 11.7 Å². The molecule has 1 aliphatic carbocycles. The summed E-state index contributed by atoms with van der Waals surface area (Å²) in [5.74, 6) is -0.124. The molecule has 1 aromatic rings. The van der Waals surface area contributed by atoms with Crippen molar-refractivity contribution >= 4 is 29.2 Å². The lowest BCUT2D eigenvalue weighted by Crippen LogP contribution is -2.48. The molecule has 1 saturated carbocycles. The van der Waals surface area contributed by atoms with Gasteiger partial charge in [0, 0.05) is 11.1 Å². The molecule has 0 spiro atoms. The highest BCUT2D eigenvalue weighted by Gasteiger charge is 2.30. The molecular weight excluding hydrogens is 330 g/mol. The summed E-state index contributed by atoms with van der Waals surface area (Å²) in [6.07, 6.45) is 4.24. The van der Waals surface area contributed by atoms with Crippen LogP contribution in [0.15, 0.2) is 18.2 Å². The van der Waals surface area contributed by atoms with Crippen molar-refractivity contribution in [3.05, 3.63) is 23.2 Å². The maximum atomic E-state index is 12.3. The van der Waals surface area contributed by atoms with Crippen LogP contribution in [-0.4, -0.2) is 24.6 Å². The summed E-state index contributed by atoms with van der Waals surface area (Å²) in [5.41, 5.74) is 5.94. The molecule has 0 saturated heterocycles. The Kier molecular flexibility index (Phi) is 6.73. The SMILES string of the molecule is CCCOc1ccc(Cl)cc1NC(=O)N[C@@H]1CCCC[C@H]1C(N)=O. The van der Waals surface area contributed by atoms with Gasteiger partial charge in [0.05, 0.1) is 18.2 Å². The maximum Gasteiger partial charge on any atom is 0.319 e. The molecule has 2 rings (SSSR count). The standard InChI is InChI=1S/C17H24ClN3O3/c1-2-9-24-15-8-7-11(18)10-14(15)21-17(23)20-13-6-4-3-5-12(13)16(19)22/h7-8,10,12-13H,2-6,9H2,1H3,(H2,19,22)(H2,20,21,23)/t12-,13-/m1/s1. The Morgan fingerprint density at radius 3 is 2.79 bits per heavy atom. The zero-order valence-corrected chi connectivity index (χ0v) is 14.6. The average molecular weight is 354 g/mol. The number of nitrogens with one attached hydrogen (secondary N) is 2. The van der Waals surface area contributed by atoms with Crippen LogP contribution in [0, 0.1) is 5.92 Å². The van der Waals surface area contributed by atoms with Gasteiger partial charge in [0.2, 0.25) is 5.91 Å². The van der Waals surface area contributed by atoms with E-state index in [9.17, 15) is 9.59 Å². The number of anilines is 1. The van der Waals surface area contributed by atoms with Crippen LogP contribution in [-0.2, 0) is 4.79 Å². The molecule has 1 aromatic carbocycles. The minimum atomic E-state index is -0.392. The molecule has 1 aliphatic rings. The second kappa shape index (κ2) is 8.78. The van der Waals surface area contributed by atoms with Gasteiger partial charge in [0.25, 0.3) is 0 Å². The zero-order chi connectivity index (χ0) is 17.5. The highest BCUT2D eigenvalue weighted by Crippen LogP contribution is 2.29. The van der Waals surface area contributed by atoms with E-state index in [0.29, 0.717) is 29.5 Å². The van der Waals surface area contributed by atoms with Gasteiger partial charge >= 0.3 is 6.03 Å². The van der Waals surface area contributed by atoms with E-state index in [1.165, 1.54) is 0 Å². The van der Waals surface area contributed by atoms with E-state index < -0.39 is 6.03 Å². The van der Waals surface area contributed by atoms with Crippen molar-refractivity contribution in [1.29, 1.82) is 0 Å². The number of carbonyl (C=O) groups excluding carboxylic acids is 2. The van der Waals surface area contributed by atoms with E-state index in [-0.39, 0.29) is 17.9 Å². The number of primary amides is 1. The molecule has 132 valence electrons. The van der Waals surface area contributed by atoms with Gasteiger partial charge in [-0.3, -0.25) is 4.79 Å². The molecule has 0 aromatic heterocycles. The molecule has 2 atom stereocenters. The molecule has 6 nitrogen and oxygen atoms in total. The molecule has 24 heavy (non-hydrogen) atoms. The van der Waals surface area contributed by atoms with Gasteiger partial charge < -0.3 is 21.1 Å². The Morgan fingerprint density at radius 2 is 2.08 bits per heavy atom. The molecule has 0 heterocycles. The Hall–Kier alpha value is -1.95. The van der Waals surface area contributed by atoms with E-state index >= 15 is 0 Å². The number of hydrogen-bond donors (Lipinski definition) is 3. The largest absolute Gasteiger partial charge is 0.491 e. The van der Waals surface area contributed by atoms with Crippen molar-refractivity contribution in [2.75, 3.05) is 11.9 Å². The summed E-state index contributed by atoms with van der Waals surface area (Å²) in [4.78, 5) is 23.8. The third kappa shape index (κ3) is 5.03. The van der Waals surface area contributed by atoms with Crippen molar-refractivity contribution in [3.8, 4) is 5.75 Å². The number of rotatable bonds is 6. The first-order valence-corrected chi connectivity index (χ1v) is 8.68. The van der Waals surface area contributed by atoms with Crippen LogP contribution < -0.4 is 21.1 Å². The number of benzene rings is 1. The smallest absolute Gasteiger partial charge is 0.319 e. The van der Waals surface area contributed by atoms with Crippen LogP contribution in [0.3, 0.4) is 0 Å². The number of amides is 3. The quantitative estimate of drug-likeness (QED) is 0.732. The van der Waals surface area contributed by atoms with Crippen molar-refractivity contribution < 1.29 is 14.3 Å². The van der Waals surface area contributed by atoms with E-state index in [4.69, 9.17) is 22.1 Å². The van der Waals surface area contributed by atoms with Gasteiger partial charge in [-0.1, -0.05) is 31.4 Å². The molecule has 0 bridgehead atoms. The Labute approximate surface area is 147 Å². The molecule has 0 unspecified atom stereocenters. The van der Waals surface area contributed by atoms with Gasteiger partial charge in [-0.2, -0.15) is 0 Å². The predicted molar refractivity (Wildman–Crippen MR) is 94.3 cm³/mol. The van der Waals surface area contributed by atoms with Crippen molar-refractivity contribution in [2.45, 2.75) is 45.1 Å². The highest BCUT2D eigenvalue weighted by atomic mass is 35.5. The number of halogens is 1. The number of carbonyl (C=O) groups is 2. The molecule has 0 radical (unpaired) electrons. The van der Waals surface area contributed by atoms with Crippen LogP contribution >= 0.6 is 11.6 Å². The normalized spacial score (nSPS) is 20.2. The van der Waals surface area contributed by atoms with E-state index in [1.807, 2.05) is 6.92 Å². The summed E-state index contributed by atoms with van der Waals surface area (Å²) in [7, 11) is 0. The number of ether oxygens (including phenoxy) is 1.